The Morgan fingerprint density at radius 1 is 1.18 bits per heavy atom. The van der Waals surface area contributed by atoms with Crippen LogP contribution in [0.3, 0.4) is 0 Å². The summed E-state index contributed by atoms with van der Waals surface area (Å²) in [5, 5.41) is 43.2. The Hall–Kier alpha value is -2.96. The fraction of sp³-hybridized carbons (Fsp3) is 0.500. The number of carboxylic acids is 3. The summed E-state index contributed by atoms with van der Waals surface area (Å²) in [5.74, 6) is -5.59. The smallest absolute Gasteiger partial charge is 0.350 e. The second-order valence-electron chi connectivity index (χ2n) is 8.52. The molecule has 6 N–H and O–H groups in total. The molecule has 1 aromatic carbocycles. The number of aliphatic carboxylic acids is 2. The number of benzene rings is 1. The number of hydrogen-bond acceptors (Lipinski definition) is 8. The molecule has 7 atom stereocenters. The van der Waals surface area contributed by atoms with Crippen molar-refractivity contribution in [2.24, 2.45) is 16.8 Å². The molecule has 12 heteroatoms. The van der Waals surface area contributed by atoms with Gasteiger partial charge in [-0.05, 0) is 37.5 Å². The summed E-state index contributed by atoms with van der Waals surface area (Å²) >= 11 is 1.33. The van der Waals surface area contributed by atoms with Crippen molar-refractivity contribution in [1.29, 1.82) is 0 Å². The van der Waals surface area contributed by atoms with E-state index in [1.54, 1.807) is 13.0 Å². The molecule has 11 nitrogen and oxygen atoms in total. The van der Waals surface area contributed by atoms with Crippen LogP contribution in [0.5, 0.6) is 0 Å². The molecule has 3 rings (SSSR count). The zero-order chi connectivity index (χ0) is 25.2. The molecule has 2 heterocycles. The Balaban J connectivity index is 1.66. The van der Waals surface area contributed by atoms with E-state index in [1.807, 2.05) is 0 Å². The second-order valence-corrected chi connectivity index (χ2v) is 9.97. The van der Waals surface area contributed by atoms with Gasteiger partial charge in [0.25, 0.3) is 0 Å². The lowest BCUT2D eigenvalue weighted by Crippen LogP contribution is -2.40. The van der Waals surface area contributed by atoms with Crippen LogP contribution in [-0.4, -0.2) is 85.2 Å². The lowest BCUT2D eigenvalue weighted by atomic mass is 9.86. The van der Waals surface area contributed by atoms with Gasteiger partial charge in [-0.25, -0.2) is 9.59 Å². The van der Waals surface area contributed by atoms with Gasteiger partial charge in [-0.3, -0.25) is 14.6 Å². The average molecular weight is 494 g/mol. The molecular formula is C22H27N3O8S. The van der Waals surface area contributed by atoms with Crippen LogP contribution in [0.4, 0.5) is 5.69 Å². The molecule has 1 fully saturated rings. The Labute approximate surface area is 199 Å². The van der Waals surface area contributed by atoms with Crippen LogP contribution in [0, 0.1) is 11.8 Å². The van der Waals surface area contributed by atoms with Crippen LogP contribution in [0.15, 0.2) is 29.3 Å². The molecule has 2 aliphatic heterocycles. The minimum Gasteiger partial charge on any atom is -0.481 e. The maximum Gasteiger partial charge on any atom is 0.350 e. The number of amides is 1. The van der Waals surface area contributed by atoms with E-state index in [2.05, 4.69) is 15.6 Å². The number of carboxylic acid groups (broad SMARTS) is 3. The number of nitrogens with zero attached hydrogens (tertiary/aromatic N) is 1. The number of rotatable bonds is 9. The summed E-state index contributed by atoms with van der Waals surface area (Å²) in [4.78, 5) is 51.4. The van der Waals surface area contributed by atoms with E-state index < -0.39 is 53.2 Å². The quantitative estimate of drug-likeness (QED) is 0.287. The van der Waals surface area contributed by atoms with Gasteiger partial charge in [0, 0.05) is 17.5 Å². The van der Waals surface area contributed by atoms with Gasteiger partial charge in [-0.1, -0.05) is 13.0 Å². The number of carbonyl (C=O) groups excluding carboxylic acids is 1. The minimum absolute atomic E-state index is 0.0488. The van der Waals surface area contributed by atoms with Gasteiger partial charge in [0.1, 0.15) is 11.6 Å². The SMILES string of the molecule is C[C@@H]1[C@@H]([C@@H](C(=O)O)[C@@H](C)O)N=C(C(=O)O)[C@H]1S[C@@H]1CN[C@H](C(=O)Nc2cccc(C(=O)O)c2)C1. The molecule has 2 aliphatic rings. The van der Waals surface area contributed by atoms with Gasteiger partial charge in [-0.15, -0.1) is 11.8 Å². The maximum absolute atomic E-state index is 12.7. The fourth-order valence-electron chi connectivity index (χ4n) is 4.36. The highest BCUT2D eigenvalue weighted by Gasteiger charge is 2.48. The predicted octanol–water partition coefficient (Wildman–Crippen LogP) is 0.781. The first-order valence-electron chi connectivity index (χ1n) is 10.7. The third-order valence-electron chi connectivity index (χ3n) is 6.09. The predicted molar refractivity (Wildman–Crippen MR) is 124 cm³/mol. The van der Waals surface area contributed by atoms with E-state index >= 15 is 0 Å². The minimum atomic E-state index is -1.24. The molecule has 1 saturated heterocycles. The van der Waals surface area contributed by atoms with Crippen LogP contribution in [0.25, 0.3) is 0 Å². The summed E-state index contributed by atoms with van der Waals surface area (Å²) in [5.41, 5.74) is 0.272. The van der Waals surface area contributed by atoms with Gasteiger partial charge in [0.05, 0.1) is 29.0 Å². The Morgan fingerprint density at radius 2 is 1.88 bits per heavy atom. The molecule has 184 valence electrons. The summed E-state index contributed by atoms with van der Waals surface area (Å²) in [6.07, 6.45) is -0.803. The molecule has 0 spiro atoms. The molecule has 0 aromatic heterocycles. The zero-order valence-electron chi connectivity index (χ0n) is 18.5. The third kappa shape index (κ3) is 5.57. The van der Waals surface area contributed by atoms with Crippen molar-refractivity contribution in [3.8, 4) is 0 Å². The summed E-state index contributed by atoms with van der Waals surface area (Å²) < 4.78 is 0. The van der Waals surface area contributed by atoms with Crippen molar-refractivity contribution in [3.05, 3.63) is 29.8 Å². The van der Waals surface area contributed by atoms with Gasteiger partial charge in [0.2, 0.25) is 5.91 Å². The normalized spacial score (nSPS) is 28.1. The first-order chi connectivity index (χ1) is 16.0. The standard InChI is InChI=1S/C22H27N3O8S/c1-9-16(15(10(2)26)21(30)31)25-17(22(32)33)18(9)34-13-7-14(23-8-13)19(27)24-12-5-3-4-11(6-12)20(28)29/h3-6,9-10,13-16,18,23,26H,7-8H2,1-2H3,(H,24,27)(H,28,29)(H,30,31)(H,32,33)/t9-,10-,13+,14+,15+,16+,18+/m1/s1. The first-order valence-corrected chi connectivity index (χ1v) is 11.7. The molecule has 1 aromatic rings. The molecular weight excluding hydrogens is 466 g/mol. The number of aliphatic hydroxyl groups is 1. The van der Waals surface area contributed by atoms with E-state index in [-0.39, 0.29) is 22.4 Å². The van der Waals surface area contributed by atoms with Crippen molar-refractivity contribution >= 4 is 47.0 Å². The summed E-state index contributed by atoms with van der Waals surface area (Å²) in [6.45, 7) is 3.50. The molecule has 34 heavy (non-hydrogen) atoms. The molecule has 0 radical (unpaired) electrons. The topological polar surface area (TPSA) is 186 Å². The highest BCUT2D eigenvalue weighted by Crippen LogP contribution is 2.39. The largest absolute Gasteiger partial charge is 0.481 e. The van der Waals surface area contributed by atoms with E-state index in [1.165, 1.54) is 36.9 Å². The Kier molecular flexibility index (Phi) is 7.95. The monoisotopic (exact) mass is 493 g/mol. The van der Waals surface area contributed by atoms with E-state index in [0.29, 0.717) is 18.7 Å². The average Bonchev–Trinajstić information content (AvgIpc) is 3.34. The van der Waals surface area contributed by atoms with E-state index in [0.717, 1.165) is 0 Å². The van der Waals surface area contributed by atoms with Crippen molar-refractivity contribution in [2.45, 2.75) is 49.0 Å². The van der Waals surface area contributed by atoms with E-state index in [4.69, 9.17) is 5.11 Å². The number of thioether (sulfide) groups is 1. The molecule has 1 amide bonds. The van der Waals surface area contributed by atoms with Crippen LogP contribution in [-0.2, 0) is 14.4 Å². The fourth-order valence-corrected chi connectivity index (χ4v) is 5.97. The molecule has 0 saturated carbocycles. The number of aliphatic hydroxyl groups excluding tert-OH is 1. The molecule has 0 aliphatic carbocycles. The highest BCUT2D eigenvalue weighted by atomic mass is 32.2. The van der Waals surface area contributed by atoms with E-state index in [9.17, 15) is 34.5 Å². The van der Waals surface area contributed by atoms with Crippen molar-refractivity contribution < 1.29 is 39.6 Å². The van der Waals surface area contributed by atoms with Crippen molar-refractivity contribution in [2.75, 3.05) is 11.9 Å². The molecule has 0 unspecified atom stereocenters. The van der Waals surface area contributed by atoms with Gasteiger partial charge in [0.15, 0.2) is 0 Å². The number of nitrogens with one attached hydrogen (secondary N) is 2. The number of anilines is 1. The van der Waals surface area contributed by atoms with Crippen LogP contribution >= 0.6 is 11.8 Å². The lowest BCUT2D eigenvalue weighted by Gasteiger charge is -2.27. The Bertz CT molecular complexity index is 1010. The van der Waals surface area contributed by atoms with Crippen molar-refractivity contribution in [3.63, 3.8) is 0 Å². The molecule has 0 bridgehead atoms. The summed E-state index contributed by atoms with van der Waals surface area (Å²) in [6, 6.07) is 4.45. The van der Waals surface area contributed by atoms with Gasteiger partial charge < -0.3 is 31.1 Å². The van der Waals surface area contributed by atoms with Gasteiger partial charge >= 0.3 is 17.9 Å². The second kappa shape index (κ2) is 10.5. The van der Waals surface area contributed by atoms with Crippen LogP contribution in [0.1, 0.15) is 30.6 Å². The first kappa shape index (κ1) is 25.7. The highest BCUT2D eigenvalue weighted by molar-refractivity contribution is 8.01. The number of aromatic carboxylic acids is 1. The number of aliphatic imine (C=N–C) groups is 1. The van der Waals surface area contributed by atoms with Crippen LogP contribution < -0.4 is 10.6 Å². The number of hydrogen-bond donors (Lipinski definition) is 6. The van der Waals surface area contributed by atoms with Gasteiger partial charge in [-0.2, -0.15) is 0 Å². The zero-order valence-corrected chi connectivity index (χ0v) is 19.4. The number of carbonyl (C=O) groups is 4. The Morgan fingerprint density at radius 3 is 2.47 bits per heavy atom. The van der Waals surface area contributed by atoms with Crippen molar-refractivity contribution in [1.82, 2.24) is 5.32 Å². The lowest BCUT2D eigenvalue weighted by molar-refractivity contribution is -0.146. The maximum atomic E-state index is 12.7. The van der Waals surface area contributed by atoms with Crippen LogP contribution in [0.2, 0.25) is 0 Å². The third-order valence-corrected chi connectivity index (χ3v) is 7.78. The summed E-state index contributed by atoms with van der Waals surface area (Å²) in [7, 11) is 0.